The second kappa shape index (κ2) is 5.02. The zero-order chi connectivity index (χ0) is 12.4. The number of nitrogens with zero attached hydrogens (tertiary/aromatic N) is 2. The molecular formula is C13H16BrN3. The minimum Gasteiger partial charge on any atom is -0.328 e. The summed E-state index contributed by atoms with van der Waals surface area (Å²) in [5, 5.41) is 4.51. The fourth-order valence-electron chi connectivity index (χ4n) is 2.02. The maximum atomic E-state index is 5.88. The summed E-state index contributed by atoms with van der Waals surface area (Å²) in [4.78, 5) is 0. The lowest BCUT2D eigenvalue weighted by Crippen LogP contribution is -2.22. The molecule has 2 N–H and O–H groups in total. The molecule has 1 aromatic heterocycles. The van der Waals surface area contributed by atoms with E-state index in [1.54, 1.807) is 0 Å². The molecule has 0 bridgehead atoms. The molecule has 1 atom stereocenters. The van der Waals surface area contributed by atoms with Gasteiger partial charge in [0.2, 0.25) is 0 Å². The van der Waals surface area contributed by atoms with Crippen LogP contribution in [0.4, 0.5) is 0 Å². The van der Waals surface area contributed by atoms with Crippen LogP contribution in [-0.4, -0.2) is 16.3 Å². The fourth-order valence-corrected chi connectivity index (χ4v) is 2.29. The third-order valence-corrected chi connectivity index (χ3v) is 3.35. The van der Waals surface area contributed by atoms with Gasteiger partial charge in [-0.25, -0.2) is 0 Å². The summed E-state index contributed by atoms with van der Waals surface area (Å²) in [7, 11) is 0. The first-order valence-electron chi connectivity index (χ1n) is 5.60. The van der Waals surface area contributed by atoms with Gasteiger partial charge in [-0.1, -0.05) is 28.1 Å². The van der Waals surface area contributed by atoms with Crippen LogP contribution < -0.4 is 5.73 Å². The van der Waals surface area contributed by atoms with Crippen LogP contribution in [0, 0.1) is 13.8 Å². The van der Waals surface area contributed by atoms with E-state index in [9.17, 15) is 0 Å². The highest BCUT2D eigenvalue weighted by atomic mass is 79.9. The summed E-state index contributed by atoms with van der Waals surface area (Å²) < 4.78 is 3.07. The summed E-state index contributed by atoms with van der Waals surface area (Å²) in [5.74, 6) is 0. The van der Waals surface area contributed by atoms with E-state index in [-0.39, 0.29) is 6.04 Å². The number of hydrogen-bond acceptors (Lipinski definition) is 2. The Balaban J connectivity index is 2.39. The molecule has 0 fully saturated rings. The van der Waals surface area contributed by atoms with Gasteiger partial charge in [0.25, 0.3) is 0 Å². The van der Waals surface area contributed by atoms with Gasteiger partial charge in [0.05, 0.1) is 11.7 Å². The van der Waals surface area contributed by atoms with E-state index in [0.717, 1.165) is 15.9 Å². The average Bonchev–Trinajstić information content (AvgIpc) is 2.62. The van der Waals surface area contributed by atoms with Crippen LogP contribution in [0.1, 0.15) is 23.0 Å². The van der Waals surface area contributed by atoms with E-state index in [2.05, 4.69) is 46.2 Å². The van der Waals surface area contributed by atoms with Crippen molar-refractivity contribution in [2.45, 2.75) is 19.9 Å². The van der Waals surface area contributed by atoms with Crippen molar-refractivity contribution in [1.82, 2.24) is 9.78 Å². The fraction of sp³-hybridized carbons (Fsp3) is 0.308. The SMILES string of the molecule is Cc1cc(C)n(C(CN)c2ccc(Br)cc2)n1. The van der Waals surface area contributed by atoms with Crippen LogP contribution in [0.2, 0.25) is 0 Å². The number of hydrogen-bond donors (Lipinski definition) is 1. The molecule has 0 aliphatic rings. The zero-order valence-electron chi connectivity index (χ0n) is 10.0. The molecule has 0 aliphatic heterocycles. The molecule has 0 amide bonds. The van der Waals surface area contributed by atoms with Crippen LogP contribution in [0.3, 0.4) is 0 Å². The molecule has 0 saturated carbocycles. The number of rotatable bonds is 3. The van der Waals surface area contributed by atoms with Crippen molar-refractivity contribution in [3.63, 3.8) is 0 Å². The van der Waals surface area contributed by atoms with Gasteiger partial charge >= 0.3 is 0 Å². The molecular weight excluding hydrogens is 278 g/mol. The van der Waals surface area contributed by atoms with Gasteiger partial charge in [-0.05, 0) is 37.6 Å². The predicted molar refractivity (Wildman–Crippen MR) is 73.0 cm³/mol. The Morgan fingerprint density at radius 2 is 1.94 bits per heavy atom. The lowest BCUT2D eigenvalue weighted by Gasteiger charge is -2.18. The Morgan fingerprint density at radius 1 is 1.29 bits per heavy atom. The lowest BCUT2D eigenvalue weighted by atomic mass is 10.1. The molecule has 0 saturated heterocycles. The third-order valence-electron chi connectivity index (χ3n) is 2.82. The van der Waals surface area contributed by atoms with Gasteiger partial charge in [0.15, 0.2) is 0 Å². The zero-order valence-corrected chi connectivity index (χ0v) is 11.6. The Morgan fingerprint density at radius 3 is 2.41 bits per heavy atom. The normalized spacial score (nSPS) is 12.7. The van der Waals surface area contributed by atoms with Gasteiger partial charge in [0.1, 0.15) is 0 Å². The number of halogens is 1. The second-order valence-electron chi connectivity index (χ2n) is 4.17. The number of aromatic nitrogens is 2. The van der Waals surface area contributed by atoms with E-state index in [1.807, 2.05) is 23.7 Å². The minimum absolute atomic E-state index is 0.108. The molecule has 1 unspecified atom stereocenters. The quantitative estimate of drug-likeness (QED) is 0.946. The van der Waals surface area contributed by atoms with Gasteiger partial charge in [-0.2, -0.15) is 5.10 Å². The summed E-state index contributed by atoms with van der Waals surface area (Å²) in [6.45, 7) is 4.60. The molecule has 1 heterocycles. The smallest absolute Gasteiger partial charge is 0.0893 e. The molecule has 17 heavy (non-hydrogen) atoms. The number of benzene rings is 1. The van der Waals surface area contributed by atoms with Crippen molar-refractivity contribution in [2.75, 3.05) is 6.54 Å². The first-order valence-corrected chi connectivity index (χ1v) is 6.39. The van der Waals surface area contributed by atoms with Gasteiger partial charge < -0.3 is 5.73 Å². The van der Waals surface area contributed by atoms with Crippen molar-refractivity contribution in [3.8, 4) is 0 Å². The average molecular weight is 294 g/mol. The first-order chi connectivity index (χ1) is 8.11. The van der Waals surface area contributed by atoms with Crippen molar-refractivity contribution in [1.29, 1.82) is 0 Å². The molecule has 0 aliphatic carbocycles. The molecule has 90 valence electrons. The molecule has 4 heteroatoms. The summed E-state index contributed by atoms with van der Waals surface area (Å²) in [6.07, 6.45) is 0. The van der Waals surface area contributed by atoms with Crippen LogP contribution in [0.25, 0.3) is 0 Å². The standard InChI is InChI=1S/C13H16BrN3/c1-9-7-10(2)17(16-9)13(8-15)11-3-5-12(14)6-4-11/h3-7,13H,8,15H2,1-2H3. The van der Waals surface area contributed by atoms with Crippen LogP contribution in [-0.2, 0) is 0 Å². The monoisotopic (exact) mass is 293 g/mol. The Hall–Kier alpha value is -1.13. The maximum absolute atomic E-state index is 5.88. The van der Waals surface area contributed by atoms with Gasteiger partial charge in [-0.3, -0.25) is 4.68 Å². The molecule has 3 nitrogen and oxygen atoms in total. The number of nitrogens with two attached hydrogens (primary N) is 1. The topological polar surface area (TPSA) is 43.8 Å². The van der Waals surface area contributed by atoms with E-state index < -0.39 is 0 Å². The molecule has 2 aromatic rings. The maximum Gasteiger partial charge on any atom is 0.0893 e. The van der Waals surface area contributed by atoms with Crippen molar-refractivity contribution < 1.29 is 0 Å². The Bertz CT molecular complexity index is 502. The largest absolute Gasteiger partial charge is 0.328 e. The Labute approximate surface area is 110 Å². The van der Waals surface area contributed by atoms with Crippen LogP contribution in [0.15, 0.2) is 34.8 Å². The van der Waals surface area contributed by atoms with Crippen LogP contribution in [0.5, 0.6) is 0 Å². The predicted octanol–water partition coefficient (Wildman–Crippen LogP) is 2.81. The van der Waals surface area contributed by atoms with E-state index in [4.69, 9.17) is 5.73 Å². The van der Waals surface area contributed by atoms with Gasteiger partial charge in [0, 0.05) is 16.7 Å². The highest BCUT2D eigenvalue weighted by Crippen LogP contribution is 2.21. The van der Waals surface area contributed by atoms with Crippen molar-refractivity contribution >= 4 is 15.9 Å². The Kier molecular flexibility index (Phi) is 3.64. The third kappa shape index (κ3) is 2.58. The summed E-state index contributed by atoms with van der Waals surface area (Å²) >= 11 is 3.44. The van der Waals surface area contributed by atoms with E-state index in [0.29, 0.717) is 6.54 Å². The second-order valence-corrected chi connectivity index (χ2v) is 5.09. The van der Waals surface area contributed by atoms with Crippen molar-refractivity contribution in [3.05, 3.63) is 51.8 Å². The molecule has 1 aromatic carbocycles. The molecule has 0 spiro atoms. The molecule has 0 radical (unpaired) electrons. The minimum atomic E-state index is 0.108. The van der Waals surface area contributed by atoms with Crippen molar-refractivity contribution in [2.24, 2.45) is 5.73 Å². The first kappa shape index (κ1) is 12.3. The molecule has 2 rings (SSSR count). The number of aryl methyl sites for hydroxylation is 2. The summed E-state index contributed by atoms with van der Waals surface area (Å²) in [6, 6.07) is 10.4. The van der Waals surface area contributed by atoms with E-state index >= 15 is 0 Å². The lowest BCUT2D eigenvalue weighted by molar-refractivity contribution is 0.516. The summed E-state index contributed by atoms with van der Waals surface area (Å²) in [5.41, 5.74) is 9.23. The highest BCUT2D eigenvalue weighted by Gasteiger charge is 2.14. The van der Waals surface area contributed by atoms with Crippen LogP contribution >= 0.6 is 15.9 Å². The van der Waals surface area contributed by atoms with E-state index in [1.165, 1.54) is 5.56 Å². The highest BCUT2D eigenvalue weighted by molar-refractivity contribution is 9.10. The van der Waals surface area contributed by atoms with Gasteiger partial charge in [-0.15, -0.1) is 0 Å².